The Morgan fingerprint density at radius 2 is 2.07 bits per heavy atom. The van der Waals surface area contributed by atoms with Crippen LogP contribution in [-0.2, 0) is 4.79 Å². The highest BCUT2D eigenvalue weighted by Crippen LogP contribution is 2.19. The second-order valence-corrected chi connectivity index (χ2v) is 4.76. The summed E-state index contributed by atoms with van der Waals surface area (Å²) in [6, 6.07) is 0. The molecule has 1 saturated heterocycles. The van der Waals surface area contributed by atoms with Gasteiger partial charge in [-0.3, -0.25) is 9.69 Å². The van der Waals surface area contributed by atoms with Crippen LogP contribution in [0.25, 0.3) is 0 Å². The zero-order chi connectivity index (χ0) is 10.7. The van der Waals surface area contributed by atoms with Crippen LogP contribution in [0.4, 0.5) is 0 Å². The molecule has 1 aliphatic heterocycles. The van der Waals surface area contributed by atoms with Gasteiger partial charge in [-0.05, 0) is 32.9 Å². The number of amides is 1. The molecular weight excluding hydrogens is 176 g/mol. The first kappa shape index (κ1) is 11.5. The lowest BCUT2D eigenvalue weighted by Crippen LogP contribution is -2.46. The molecule has 1 heterocycles. The first-order valence-corrected chi connectivity index (χ1v) is 5.48. The number of hydrogen-bond donors (Lipinski definition) is 0. The van der Waals surface area contributed by atoms with E-state index in [4.69, 9.17) is 0 Å². The van der Waals surface area contributed by atoms with Crippen molar-refractivity contribution < 1.29 is 4.79 Å². The molecule has 1 unspecified atom stereocenters. The van der Waals surface area contributed by atoms with Crippen LogP contribution >= 0.6 is 0 Å². The molecule has 1 fully saturated rings. The minimum absolute atomic E-state index is 0.296. The van der Waals surface area contributed by atoms with Crippen molar-refractivity contribution in [3.8, 4) is 0 Å². The quantitative estimate of drug-likeness (QED) is 0.684. The topological polar surface area (TPSA) is 23.6 Å². The lowest BCUT2D eigenvalue weighted by molar-refractivity contribution is -0.133. The van der Waals surface area contributed by atoms with Crippen molar-refractivity contribution in [1.82, 2.24) is 9.80 Å². The van der Waals surface area contributed by atoms with E-state index < -0.39 is 0 Å². The Hall–Kier alpha value is -0.570. The summed E-state index contributed by atoms with van der Waals surface area (Å²) in [5.41, 5.74) is 0. The van der Waals surface area contributed by atoms with Crippen LogP contribution in [0.1, 0.15) is 33.1 Å². The van der Waals surface area contributed by atoms with E-state index in [1.54, 1.807) is 0 Å². The van der Waals surface area contributed by atoms with E-state index in [2.05, 4.69) is 32.8 Å². The van der Waals surface area contributed by atoms with Crippen LogP contribution in [-0.4, -0.2) is 42.5 Å². The third-order valence-electron chi connectivity index (χ3n) is 2.75. The van der Waals surface area contributed by atoms with Gasteiger partial charge in [-0.25, -0.2) is 0 Å². The minimum Gasteiger partial charge on any atom is -0.327 e. The van der Waals surface area contributed by atoms with Gasteiger partial charge in [-0.2, -0.15) is 0 Å². The molecule has 0 spiro atoms. The van der Waals surface area contributed by atoms with Crippen molar-refractivity contribution in [2.75, 3.05) is 20.6 Å². The molecule has 0 radical (unpaired) electrons. The van der Waals surface area contributed by atoms with E-state index in [0.717, 1.165) is 25.8 Å². The summed E-state index contributed by atoms with van der Waals surface area (Å²) in [5.74, 6) is 0.958. The van der Waals surface area contributed by atoms with Gasteiger partial charge in [0, 0.05) is 13.0 Å². The Balaban J connectivity index is 2.61. The second-order valence-electron chi connectivity index (χ2n) is 4.76. The van der Waals surface area contributed by atoms with Crippen LogP contribution in [0, 0.1) is 5.92 Å². The predicted molar refractivity (Wildman–Crippen MR) is 57.9 cm³/mol. The Morgan fingerprint density at radius 1 is 1.43 bits per heavy atom. The Labute approximate surface area is 87.1 Å². The normalized spacial score (nSPS) is 19.9. The van der Waals surface area contributed by atoms with Crippen molar-refractivity contribution >= 4 is 5.91 Å². The van der Waals surface area contributed by atoms with Crippen molar-refractivity contribution in [1.29, 1.82) is 0 Å². The number of nitrogens with zero attached hydrogens (tertiary/aromatic N) is 2. The number of rotatable bonds is 4. The number of carbonyl (C=O) groups excluding carboxylic acids is 1. The molecular formula is C11H22N2O. The highest BCUT2D eigenvalue weighted by molar-refractivity contribution is 5.78. The number of carbonyl (C=O) groups is 1. The Morgan fingerprint density at radius 3 is 2.43 bits per heavy atom. The molecule has 3 nitrogen and oxygen atoms in total. The van der Waals surface area contributed by atoms with Gasteiger partial charge >= 0.3 is 0 Å². The predicted octanol–water partition coefficient (Wildman–Crippen LogP) is 1.54. The molecule has 1 aliphatic rings. The number of likely N-dealkylation sites (tertiary alicyclic amines) is 1. The summed E-state index contributed by atoms with van der Waals surface area (Å²) in [6.07, 6.45) is 3.13. The summed E-state index contributed by atoms with van der Waals surface area (Å²) < 4.78 is 0. The van der Waals surface area contributed by atoms with E-state index in [0.29, 0.717) is 18.0 Å². The maximum Gasteiger partial charge on any atom is 0.223 e. The summed E-state index contributed by atoms with van der Waals surface area (Å²) in [5, 5.41) is 0. The van der Waals surface area contributed by atoms with E-state index in [9.17, 15) is 4.79 Å². The zero-order valence-electron chi connectivity index (χ0n) is 9.79. The Bertz CT molecular complexity index is 201. The van der Waals surface area contributed by atoms with Crippen LogP contribution in [0.2, 0.25) is 0 Å². The fraction of sp³-hybridized carbons (Fsp3) is 0.909. The van der Waals surface area contributed by atoms with Crippen LogP contribution < -0.4 is 0 Å². The maximum atomic E-state index is 11.6. The lowest BCUT2D eigenvalue weighted by Gasteiger charge is -2.34. The second kappa shape index (κ2) is 4.78. The maximum absolute atomic E-state index is 11.6. The third kappa shape index (κ3) is 2.71. The van der Waals surface area contributed by atoms with Crippen molar-refractivity contribution in [3.63, 3.8) is 0 Å². The molecule has 0 bridgehead atoms. The van der Waals surface area contributed by atoms with E-state index in [1.165, 1.54) is 0 Å². The van der Waals surface area contributed by atoms with Crippen LogP contribution in [0.5, 0.6) is 0 Å². The lowest BCUT2D eigenvalue weighted by atomic mass is 10.1. The summed E-state index contributed by atoms with van der Waals surface area (Å²) in [6.45, 7) is 5.35. The van der Waals surface area contributed by atoms with E-state index in [1.807, 2.05) is 4.90 Å². The molecule has 1 atom stereocenters. The van der Waals surface area contributed by atoms with E-state index >= 15 is 0 Å². The standard InChI is InChI=1S/C11H22N2O/c1-9(2)8-10(12(3)4)13-7-5-6-11(13)14/h9-10H,5-8H2,1-4H3. The smallest absolute Gasteiger partial charge is 0.223 e. The molecule has 0 aromatic carbocycles. The fourth-order valence-corrected chi connectivity index (χ4v) is 2.02. The van der Waals surface area contributed by atoms with Gasteiger partial charge in [-0.15, -0.1) is 0 Å². The first-order valence-electron chi connectivity index (χ1n) is 5.48. The van der Waals surface area contributed by atoms with Gasteiger partial charge in [0.1, 0.15) is 0 Å². The first-order chi connectivity index (χ1) is 6.52. The third-order valence-corrected chi connectivity index (χ3v) is 2.75. The molecule has 0 aromatic rings. The van der Waals surface area contributed by atoms with Crippen molar-refractivity contribution in [2.24, 2.45) is 5.92 Å². The minimum atomic E-state index is 0.296. The SMILES string of the molecule is CC(C)CC(N(C)C)N1CCCC1=O. The highest BCUT2D eigenvalue weighted by Gasteiger charge is 2.29. The molecule has 82 valence electrons. The summed E-state index contributed by atoms with van der Waals surface area (Å²) in [4.78, 5) is 15.8. The molecule has 0 aromatic heterocycles. The number of hydrogen-bond acceptors (Lipinski definition) is 2. The molecule has 0 saturated carbocycles. The van der Waals surface area contributed by atoms with Crippen LogP contribution in [0.3, 0.4) is 0 Å². The molecule has 1 rings (SSSR count). The molecule has 0 aliphatic carbocycles. The highest BCUT2D eigenvalue weighted by atomic mass is 16.2. The molecule has 3 heteroatoms. The zero-order valence-corrected chi connectivity index (χ0v) is 9.79. The average molecular weight is 198 g/mol. The van der Waals surface area contributed by atoms with E-state index in [-0.39, 0.29) is 0 Å². The monoisotopic (exact) mass is 198 g/mol. The Kier molecular flexibility index (Phi) is 3.93. The molecule has 1 amide bonds. The van der Waals surface area contributed by atoms with Gasteiger partial charge in [0.25, 0.3) is 0 Å². The van der Waals surface area contributed by atoms with Gasteiger partial charge < -0.3 is 4.90 Å². The molecule has 14 heavy (non-hydrogen) atoms. The van der Waals surface area contributed by atoms with Gasteiger partial charge in [0.2, 0.25) is 5.91 Å². The van der Waals surface area contributed by atoms with Gasteiger partial charge in [0.05, 0.1) is 6.17 Å². The largest absolute Gasteiger partial charge is 0.327 e. The average Bonchev–Trinajstić information content (AvgIpc) is 2.46. The van der Waals surface area contributed by atoms with Gasteiger partial charge in [-0.1, -0.05) is 13.8 Å². The van der Waals surface area contributed by atoms with Crippen LogP contribution in [0.15, 0.2) is 0 Å². The fourth-order valence-electron chi connectivity index (χ4n) is 2.02. The van der Waals surface area contributed by atoms with Gasteiger partial charge in [0.15, 0.2) is 0 Å². The summed E-state index contributed by atoms with van der Waals surface area (Å²) >= 11 is 0. The van der Waals surface area contributed by atoms with Crippen molar-refractivity contribution in [2.45, 2.75) is 39.3 Å². The van der Waals surface area contributed by atoms with Crippen molar-refractivity contribution in [3.05, 3.63) is 0 Å². The molecule has 0 N–H and O–H groups in total. The summed E-state index contributed by atoms with van der Waals surface area (Å²) in [7, 11) is 4.11.